The van der Waals surface area contributed by atoms with E-state index < -0.39 is 0 Å². The Kier molecular flexibility index (Phi) is 7.19. The molecule has 0 saturated carbocycles. The summed E-state index contributed by atoms with van der Waals surface area (Å²) in [6.07, 6.45) is 0. The zero-order valence-corrected chi connectivity index (χ0v) is 16.8. The highest BCUT2D eigenvalue weighted by Gasteiger charge is 2.15. The monoisotopic (exact) mass is 379 g/mol. The lowest BCUT2D eigenvalue weighted by Crippen LogP contribution is -2.32. The zero-order valence-electron chi connectivity index (χ0n) is 15.2. The van der Waals surface area contributed by atoms with Gasteiger partial charge in [-0.3, -0.25) is 4.79 Å². The van der Waals surface area contributed by atoms with E-state index in [2.05, 4.69) is 42.2 Å². The van der Waals surface area contributed by atoms with E-state index in [4.69, 9.17) is 5.84 Å². The van der Waals surface area contributed by atoms with Crippen molar-refractivity contribution in [3.8, 4) is 0 Å². The van der Waals surface area contributed by atoms with Gasteiger partial charge in [-0.25, -0.2) is 4.68 Å². The SMILES string of the molecule is CCN(CC)C(=O)CSc1nnc(SCc2cc(C)ccc2C)n1N. The Balaban J connectivity index is 1.96. The van der Waals surface area contributed by atoms with Crippen molar-refractivity contribution >= 4 is 29.4 Å². The topological polar surface area (TPSA) is 77.0 Å². The third-order valence-electron chi connectivity index (χ3n) is 3.94. The molecule has 2 rings (SSSR count). The minimum atomic E-state index is 0.0857. The maximum Gasteiger partial charge on any atom is 0.233 e. The predicted octanol–water partition coefficient (Wildman–Crippen LogP) is 2.86. The van der Waals surface area contributed by atoms with Crippen LogP contribution in [0.2, 0.25) is 0 Å². The number of benzene rings is 1. The van der Waals surface area contributed by atoms with Crippen LogP contribution in [0.5, 0.6) is 0 Å². The standard InChI is InChI=1S/C17H25N5OS2/c1-5-21(6-2)15(23)11-25-17-20-19-16(22(17)18)24-10-14-9-12(3)7-8-13(14)4/h7-9H,5-6,10-11,18H2,1-4H3. The molecule has 0 aliphatic heterocycles. The van der Waals surface area contributed by atoms with Crippen LogP contribution in [-0.2, 0) is 10.5 Å². The Bertz CT molecular complexity index is 728. The van der Waals surface area contributed by atoms with E-state index in [0.717, 1.165) is 5.75 Å². The Labute approximate surface area is 157 Å². The van der Waals surface area contributed by atoms with Crippen molar-refractivity contribution in [2.45, 2.75) is 43.8 Å². The summed E-state index contributed by atoms with van der Waals surface area (Å²) in [6, 6.07) is 6.41. The minimum Gasteiger partial charge on any atom is -0.343 e. The molecule has 0 saturated heterocycles. The van der Waals surface area contributed by atoms with E-state index in [9.17, 15) is 4.79 Å². The molecule has 1 aromatic heterocycles. The molecule has 1 aromatic carbocycles. The first-order valence-corrected chi connectivity index (χ1v) is 10.2. The van der Waals surface area contributed by atoms with Gasteiger partial charge in [0.05, 0.1) is 5.75 Å². The lowest BCUT2D eigenvalue weighted by atomic mass is 10.1. The number of amides is 1. The van der Waals surface area contributed by atoms with Crippen molar-refractivity contribution in [3.63, 3.8) is 0 Å². The molecule has 0 bridgehead atoms. The van der Waals surface area contributed by atoms with E-state index in [-0.39, 0.29) is 5.91 Å². The number of hydrogen-bond acceptors (Lipinski definition) is 6. The maximum atomic E-state index is 12.1. The number of aromatic nitrogens is 3. The van der Waals surface area contributed by atoms with Crippen LogP contribution in [0.1, 0.15) is 30.5 Å². The second-order valence-electron chi connectivity index (χ2n) is 5.71. The van der Waals surface area contributed by atoms with Crippen molar-refractivity contribution in [1.82, 2.24) is 19.8 Å². The fourth-order valence-electron chi connectivity index (χ4n) is 2.35. The van der Waals surface area contributed by atoms with Gasteiger partial charge in [0.1, 0.15) is 0 Å². The summed E-state index contributed by atoms with van der Waals surface area (Å²) in [5, 5.41) is 9.47. The highest BCUT2D eigenvalue weighted by Crippen LogP contribution is 2.25. The van der Waals surface area contributed by atoms with Crippen LogP contribution >= 0.6 is 23.5 Å². The second kappa shape index (κ2) is 9.15. The first kappa shape index (κ1) is 19.7. The van der Waals surface area contributed by atoms with E-state index in [1.54, 1.807) is 16.7 Å². The Hall–Kier alpha value is -1.67. The second-order valence-corrected chi connectivity index (χ2v) is 7.59. The summed E-state index contributed by atoms with van der Waals surface area (Å²) in [7, 11) is 0. The van der Waals surface area contributed by atoms with Crippen molar-refractivity contribution in [1.29, 1.82) is 0 Å². The quantitative estimate of drug-likeness (QED) is 0.561. The lowest BCUT2D eigenvalue weighted by Gasteiger charge is -2.17. The molecule has 0 aliphatic rings. The van der Waals surface area contributed by atoms with Crippen LogP contribution < -0.4 is 5.84 Å². The number of thioether (sulfide) groups is 2. The molecular formula is C17H25N5OS2. The van der Waals surface area contributed by atoms with Crippen molar-refractivity contribution in [2.75, 3.05) is 24.7 Å². The van der Waals surface area contributed by atoms with Crippen LogP contribution in [-0.4, -0.2) is 44.5 Å². The molecule has 8 heteroatoms. The van der Waals surface area contributed by atoms with Gasteiger partial charge >= 0.3 is 0 Å². The smallest absolute Gasteiger partial charge is 0.233 e. The van der Waals surface area contributed by atoms with Crippen LogP contribution in [0.15, 0.2) is 28.5 Å². The van der Waals surface area contributed by atoms with Gasteiger partial charge in [-0.15, -0.1) is 10.2 Å². The number of aryl methyl sites for hydroxylation is 2. The highest BCUT2D eigenvalue weighted by atomic mass is 32.2. The fraction of sp³-hybridized carbons (Fsp3) is 0.471. The van der Waals surface area contributed by atoms with Gasteiger partial charge in [-0.2, -0.15) is 0 Å². The van der Waals surface area contributed by atoms with Gasteiger partial charge in [0, 0.05) is 18.8 Å². The minimum absolute atomic E-state index is 0.0857. The van der Waals surface area contributed by atoms with Crippen LogP contribution in [0, 0.1) is 13.8 Å². The van der Waals surface area contributed by atoms with Gasteiger partial charge in [-0.1, -0.05) is 47.3 Å². The third kappa shape index (κ3) is 5.15. The number of carbonyl (C=O) groups excluding carboxylic acids is 1. The normalized spacial score (nSPS) is 10.9. The molecule has 0 radical (unpaired) electrons. The first-order valence-electron chi connectivity index (χ1n) is 8.26. The van der Waals surface area contributed by atoms with Crippen molar-refractivity contribution in [2.24, 2.45) is 0 Å². The average molecular weight is 380 g/mol. The average Bonchev–Trinajstić information content (AvgIpc) is 2.95. The molecule has 2 N–H and O–H groups in total. The van der Waals surface area contributed by atoms with E-state index >= 15 is 0 Å². The summed E-state index contributed by atoms with van der Waals surface area (Å²) < 4.78 is 1.47. The molecule has 0 atom stereocenters. The van der Waals surface area contributed by atoms with Crippen LogP contribution in [0.25, 0.3) is 0 Å². The molecule has 25 heavy (non-hydrogen) atoms. The Morgan fingerprint density at radius 2 is 1.80 bits per heavy atom. The molecule has 0 unspecified atom stereocenters. The summed E-state index contributed by atoms with van der Waals surface area (Å²) >= 11 is 2.87. The number of nitrogens with two attached hydrogens (primary N) is 1. The predicted molar refractivity (Wildman–Crippen MR) is 104 cm³/mol. The number of nitrogens with zero attached hydrogens (tertiary/aromatic N) is 4. The van der Waals surface area contributed by atoms with Crippen molar-refractivity contribution < 1.29 is 4.79 Å². The van der Waals surface area contributed by atoms with Gasteiger partial charge in [-0.05, 0) is 38.8 Å². The summed E-state index contributed by atoms with van der Waals surface area (Å²) in [4.78, 5) is 13.9. The van der Waals surface area contributed by atoms with Gasteiger partial charge in [0.15, 0.2) is 0 Å². The zero-order chi connectivity index (χ0) is 18.4. The summed E-state index contributed by atoms with van der Waals surface area (Å²) in [5.74, 6) is 7.28. The first-order chi connectivity index (χ1) is 12.0. The fourth-order valence-corrected chi connectivity index (χ4v) is 4.09. The number of hydrogen-bond donors (Lipinski definition) is 1. The Morgan fingerprint density at radius 3 is 2.44 bits per heavy atom. The number of rotatable bonds is 8. The molecule has 2 aromatic rings. The maximum absolute atomic E-state index is 12.1. The van der Waals surface area contributed by atoms with Gasteiger partial charge < -0.3 is 10.7 Å². The number of nitrogen functional groups attached to an aromatic ring is 1. The molecule has 6 nitrogen and oxygen atoms in total. The van der Waals surface area contributed by atoms with E-state index in [1.165, 1.54) is 33.1 Å². The van der Waals surface area contributed by atoms with Gasteiger partial charge in [0.25, 0.3) is 0 Å². The van der Waals surface area contributed by atoms with E-state index in [0.29, 0.717) is 29.2 Å². The Morgan fingerprint density at radius 1 is 1.16 bits per heavy atom. The largest absolute Gasteiger partial charge is 0.343 e. The lowest BCUT2D eigenvalue weighted by molar-refractivity contribution is -0.127. The molecule has 0 fully saturated rings. The molecule has 1 heterocycles. The molecule has 136 valence electrons. The molecule has 0 spiro atoms. The molecule has 0 aliphatic carbocycles. The summed E-state index contributed by atoms with van der Waals surface area (Å²) in [6.45, 7) is 9.55. The third-order valence-corrected chi connectivity index (χ3v) is 5.86. The van der Waals surface area contributed by atoms with Crippen LogP contribution in [0.3, 0.4) is 0 Å². The number of carbonyl (C=O) groups is 1. The molecular weight excluding hydrogens is 354 g/mol. The van der Waals surface area contributed by atoms with Gasteiger partial charge in [0.2, 0.25) is 16.2 Å². The van der Waals surface area contributed by atoms with Crippen molar-refractivity contribution in [3.05, 3.63) is 34.9 Å². The molecule has 1 amide bonds. The highest BCUT2D eigenvalue weighted by molar-refractivity contribution is 8.00. The van der Waals surface area contributed by atoms with E-state index in [1.807, 2.05) is 13.8 Å². The summed E-state index contributed by atoms with van der Waals surface area (Å²) in [5.41, 5.74) is 3.75. The van der Waals surface area contributed by atoms with Crippen LogP contribution in [0.4, 0.5) is 0 Å².